The molecule has 1 unspecified atom stereocenters. The molecule has 3 heterocycles. The monoisotopic (exact) mass is 331 g/mol. The Balaban J connectivity index is 1.61. The molecule has 1 saturated heterocycles. The van der Waals surface area contributed by atoms with E-state index in [0.29, 0.717) is 0 Å². The minimum atomic E-state index is -0.766. The van der Waals surface area contributed by atoms with Gasteiger partial charge >= 0.3 is 5.97 Å². The van der Waals surface area contributed by atoms with E-state index in [4.69, 9.17) is 0 Å². The molecule has 23 heavy (non-hydrogen) atoms. The number of hydrogen-bond acceptors (Lipinski definition) is 5. The number of thiophene rings is 1. The number of aliphatic carboxylic acids is 1. The van der Waals surface area contributed by atoms with E-state index in [0.717, 1.165) is 44.0 Å². The molecule has 1 aliphatic rings. The molecule has 0 radical (unpaired) electrons. The Morgan fingerprint density at radius 3 is 2.74 bits per heavy atom. The summed E-state index contributed by atoms with van der Waals surface area (Å²) >= 11 is 1.54. The van der Waals surface area contributed by atoms with Crippen LogP contribution in [0, 0.1) is 6.92 Å². The number of carboxylic acids is 1. The van der Waals surface area contributed by atoms with E-state index in [1.54, 1.807) is 11.3 Å². The van der Waals surface area contributed by atoms with Crippen LogP contribution in [-0.4, -0.2) is 52.0 Å². The summed E-state index contributed by atoms with van der Waals surface area (Å²) in [5, 5.41) is 13.4. The van der Waals surface area contributed by atoms with Gasteiger partial charge in [-0.05, 0) is 40.9 Å². The van der Waals surface area contributed by atoms with E-state index in [1.807, 2.05) is 29.1 Å². The molecule has 5 nitrogen and oxygen atoms in total. The fraction of sp³-hybridized carbons (Fsp3) is 0.412. The van der Waals surface area contributed by atoms with Crippen molar-refractivity contribution in [3.05, 3.63) is 52.0 Å². The molecule has 0 aliphatic carbocycles. The van der Waals surface area contributed by atoms with Gasteiger partial charge in [-0.25, -0.2) is 0 Å². The minimum absolute atomic E-state index is 0.528. The first-order chi connectivity index (χ1) is 11.1. The molecule has 0 saturated carbocycles. The van der Waals surface area contributed by atoms with Crippen molar-refractivity contribution in [2.75, 3.05) is 26.2 Å². The molecule has 2 aromatic heterocycles. The molecular weight excluding hydrogens is 310 g/mol. The van der Waals surface area contributed by atoms with E-state index in [9.17, 15) is 9.90 Å². The second kappa shape index (κ2) is 7.21. The zero-order valence-corrected chi connectivity index (χ0v) is 14.0. The van der Waals surface area contributed by atoms with Crippen LogP contribution >= 0.6 is 11.3 Å². The maximum absolute atomic E-state index is 11.7. The Kier molecular flexibility index (Phi) is 5.05. The van der Waals surface area contributed by atoms with Crippen molar-refractivity contribution in [2.45, 2.75) is 19.5 Å². The lowest BCUT2D eigenvalue weighted by Gasteiger charge is -2.37. The standard InChI is InChI=1S/C17H21N3O2S/c1-13-3-2-5-18-15(13)11-19-6-8-20(9-7-19)16(17(21)22)14-4-10-23-12-14/h2-5,10,12,16H,6-9,11H2,1H3,(H,21,22). The molecule has 6 heteroatoms. The largest absolute Gasteiger partial charge is 0.480 e. The number of aromatic nitrogens is 1. The highest BCUT2D eigenvalue weighted by Gasteiger charge is 2.30. The quantitative estimate of drug-likeness (QED) is 0.912. The third-order valence-corrected chi connectivity index (χ3v) is 5.06. The van der Waals surface area contributed by atoms with E-state index < -0.39 is 12.0 Å². The van der Waals surface area contributed by atoms with Crippen molar-refractivity contribution >= 4 is 17.3 Å². The maximum Gasteiger partial charge on any atom is 0.325 e. The molecule has 1 N–H and O–H groups in total. The number of hydrogen-bond donors (Lipinski definition) is 1. The van der Waals surface area contributed by atoms with Crippen molar-refractivity contribution in [1.29, 1.82) is 0 Å². The fourth-order valence-corrected chi connectivity index (χ4v) is 3.69. The second-order valence-electron chi connectivity index (χ2n) is 5.88. The minimum Gasteiger partial charge on any atom is -0.480 e. The number of rotatable bonds is 5. The summed E-state index contributed by atoms with van der Waals surface area (Å²) in [5.74, 6) is -0.766. The predicted octanol–water partition coefficient (Wildman–Crippen LogP) is 2.40. The summed E-state index contributed by atoms with van der Waals surface area (Å²) in [5.41, 5.74) is 3.20. The molecule has 0 amide bonds. The van der Waals surface area contributed by atoms with Gasteiger partial charge in [0.15, 0.2) is 0 Å². The van der Waals surface area contributed by atoms with Crippen molar-refractivity contribution in [3.8, 4) is 0 Å². The van der Waals surface area contributed by atoms with Gasteiger partial charge in [0, 0.05) is 38.9 Å². The van der Waals surface area contributed by atoms with Gasteiger partial charge in [0.2, 0.25) is 0 Å². The van der Waals surface area contributed by atoms with Crippen molar-refractivity contribution in [2.24, 2.45) is 0 Å². The van der Waals surface area contributed by atoms with Gasteiger partial charge in [0.1, 0.15) is 6.04 Å². The molecule has 122 valence electrons. The average Bonchev–Trinajstić information content (AvgIpc) is 3.05. The molecule has 0 aromatic carbocycles. The number of carboxylic acid groups (broad SMARTS) is 1. The molecule has 1 aliphatic heterocycles. The molecule has 0 bridgehead atoms. The predicted molar refractivity (Wildman–Crippen MR) is 90.5 cm³/mol. The average molecular weight is 331 g/mol. The third-order valence-electron chi connectivity index (χ3n) is 4.36. The molecule has 2 aromatic rings. The lowest BCUT2D eigenvalue weighted by atomic mass is 10.1. The summed E-state index contributed by atoms with van der Waals surface area (Å²) in [6.07, 6.45) is 1.83. The van der Waals surface area contributed by atoms with E-state index >= 15 is 0 Å². The van der Waals surface area contributed by atoms with Crippen molar-refractivity contribution in [3.63, 3.8) is 0 Å². The molecule has 1 atom stereocenters. The number of aryl methyl sites for hydroxylation is 1. The zero-order chi connectivity index (χ0) is 16.2. The fourth-order valence-electron chi connectivity index (χ4n) is 3.02. The van der Waals surface area contributed by atoms with Crippen LogP contribution in [0.4, 0.5) is 0 Å². The Bertz CT molecular complexity index is 652. The number of pyridine rings is 1. The summed E-state index contributed by atoms with van der Waals surface area (Å²) in [6.45, 7) is 6.16. The second-order valence-corrected chi connectivity index (χ2v) is 6.66. The highest BCUT2D eigenvalue weighted by atomic mass is 32.1. The van der Waals surface area contributed by atoms with Crippen LogP contribution in [0.1, 0.15) is 22.9 Å². The van der Waals surface area contributed by atoms with Crippen LogP contribution in [0.2, 0.25) is 0 Å². The highest BCUT2D eigenvalue weighted by molar-refractivity contribution is 7.08. The van der Waals surface area contributed by atoms with Gasteiger partial charge in [-0.2, -0.15) is 11.3 Å². The van der Waals surface area contributed by atoms with E-state index in [2.05, 4.69) is 27.8 Å². The lowest BCUT2D eigenvalue weighted by Crippen LogP contribution is -2.48. The van der Waals surface area contributed by atoms with Crippen LogP contribution in [-0.2, 0) is 11.3 Å². The normalized spacial score (nSPS) is 18.0. The van der Waals surface area contributed by atoms with Crippen LogP contribution in [0.3, 0.4) is 0 Å². The summed E-state index contributed by atoms with van der Waals surface area (Å²) < 4.78 is 0. The van der Waals surface area contributed by atoms with Gasteiger partial charge in [0.25, 0.3) is 0 Å². The number of piperazine rings is 1. The Hall–Kier alpha value is -1.76. The van der Waals surface area contributed by atoms with Crippen molar-refractivity contribution < 1.29 is 9.90 Å². The SMILES string of the molecule is Cc1cccnc1CN1CCN(C(C(=O)O)c2ccsc2)CC1. The molecule has 3 rings (SSSR count). The first-order valence-corrected chi connectivity index (χ1v) is 8.71. The maximum atomic E-state index is 11.7. The van der Waals surface area contributed by atoms with Gasteiger partial charge in [-0.15, -0.1) is 0 Å². The topological polar surface area (TPSA) is 56.7 Å². The lowest BCUT2D eigenvalue weighted by molar-refractivity contribution is -0.144. The Labute approximate surface area is 140 Å². The van der Waals surface area contributed by atoms with Gasteiger partial charge < -0.3 is 5.11 Å². The Morgan fingerprint density at radius 2 is 2.13 bits per heavy atom. The number of carbonyl (C=O) groups is 1. The van der Waals surface area contributed by atoms with Gasteiger partial charge in [-0.3, -0.25) is 19.6 Å². The summed E-state index contributed by atoms with van der Waals surface area (Å²) in [6, 6.07) is 5.41. The summed E-state index contributed by atoms with van der Waals surface area (Å²) in [7, 11) is 0. The van der Waals surface area contributed by atoms with E-state index in [-0.39, 0.29) is 0 Å². The molecule has 0 spiro atoms. The van der Waals surface area contributed by atoms with Crippen molar-refractivity contribution in [1.82, 2.24) is 14.8 Å². The van der Waals surface area contributed by atoms with Gasteiger partial charge in [-0.1, -0.05) is 6.07 Å². The molecular formula is C17H21N3O2S. The van der Waals surface area contributed by atoms with Crippen LogP contribution in [0.15, 0.2) is 35.2 Å². The first-order valence-electron chi connectivity index (χ1n) is 7.77. The zero-order valence-electron chi connectivity index (χ0n) is 13.2. The van der Waals surface area contributed by atoms with Gasteiger partial charge in [0.05, 0.1) is 5.69 Å². The Morgan fingerprint density at radius 1 is 1.35 bits per heavy atom. The smallest absolute Gasteiger partial charge is 0.325 e. The third kappa shape index (κ3) is 3.77. The first kappa shape index (κ1) is 16.1. The highest BCUT2D eigenvalue weighted by Crippen LogP contribution is 2.25. The molecule has 1 fully saturated rings. The van der Waals surface area contributed by atoms with Crippen LogP contribution in [0.25, 0.3) is 0 Å². The number of nitrogens with zero attached hydrogens (tertiary/aromatic N) is 3. The van der Waals surface area contributed by atoms with E-state index in [1.165, 1.54) is 5.56 Å². The van der Waals surface area contributed by atoms with Crippen LogP contribution in [0.5, 0.6) is 0 Å². The van der Waals surface area contributed by atoms with Crippen LogP contribution < -0.4 is 0 Å². The summed E-state index contributed by atoms with van der Waals surface area (Å²) in [4.78, 5) is 20.5.